The highest BCUT2D eigenvalue weighted by atomic mass is 16.5. The van der Waals surface area contributed by atoms with Gasteiger partial charge in [0.15, 0.2) is 0 Å². The largest absolute Gasteiger partial charge is 0.378 e. The van der Waals surface area contributed by atoms with Gasteiger partial charge in [0.1, 0.15) is 18.0 Å². The van der Waals surface area contributed by atoms with Crippen molar-refractivity contribution in [3.63, 3.8) is 0 Å². The number of nitrogens with zero attached hydrogens (tertiary/aromatic N) is 6. The van der Waals surface area contributed by atoms with Gasteiger partial charge in [0.05, 0.1) is 24.6 Å². The maximum absolute atomic E-state index is 5.41. The number of aryl methyl sites for hydroxylation is 2. The fourth-order valence-electron chi connectivity index (χ4n) is 2.96. The van der Waals surface area contributed by atoms with Gasteiger partial charge in [-0.25, -0.2) is 9.97 Å². The van der Waals surface area contributed by atoms with Crippen LogP contribution < -0.4 is 10.2 Å². The Morgan fingerprint density at radius 2 is 1.84 bits per heavy atom. The highest BCUT2D eigenvalue weighted by Gasteiger charge is 2.15. The Morgan fingerprint density at radius 1 is 1.04 bits per heavy atom. The van der Waals surface area contributed by atoms with Crippen LogP contribution in [0.3, 0.4) is 0 Å². The van der Waals surface area contributed by atoms with Crippen molar-refractivity contribution in [1.82, 2.24) is 24.6 Å². The van der Waals surface area contributed by atoms with Gasteiger partial charge in [-0.3, -0.25) is 0 Å². The normalized spacial score (nSPS) is 14.9. The molecule has 4 rings (SSSR count). The number of rotatable bonds is 3. The van der Waals surface area contributed by atoms with Crippen molar-refractivity contribution in [2.24, 2.45) is 0 Å². The predicted molar refractivity (Wildman–Crippen MR) is 95.5 cm³/mol. The van der Waals surface area contributed by atoms with Crippen LogP contribution in [0, 0.1) is 20.8 Å². The zero-order valence-electron chi connectivity index (χ0n) is 14.7. The summed E-state index contributed by atoms with van der Waals surface area (Å²) in [6, 6.07) is 4.10. The minimum Gasteiger partial charge on any atom is -0.378 e. The van der Waals surface area contributed by atoms with Crippen molar-refractivity contribution < 1.29 is 4.74 Å². The minimum absolute atomic E-state index is 0.584. The molecule has 25 heavy (non-hydrogen) atoms. The van der Waals surface area contributed by atoms with Gasteiger partial charge in [-0.2, -0.15) is 14.6 Å². The van der Waals surface area contributed by atoms with Gasteiger partial charge in [0.2, 0.25) is 0 Å². The summed E-state index contributed by atoms with van der Waals surface area (Å²) in [5, 5.41) is 7.73. The van der Waals surface area contributed by atoms with Gasteiger partial charge in [-0.15, -0.1) is 0 Å². The smallest absolute Gasteiger partial charge is 0.254 e. The average Bonchev–Trinajstić information content (AvgIpc) is 3.09. The summed E-state index contributed by atoms with van der Waals surface area (Å²) in [5.74, 6) is 2.44. The van der Waals surface area contributed by atoms with Crippen LogP contribution in [0.25, 0.3) is 5.78 Å². The summed E-state index contributed by atoms with van der Waals surface area (Å²) < 4.78 is 7.13. The summed E-state index contributed by atoms with van der Waals surface area (Å²) in [4.78, 5) is 15.6. The molecular weight excluding hydrogens is 318 g/mol. The number of pyridine rings is 1. The van der Waals surface area contributed by atoms with Crippen molar-refractivity contribution in [3.8, 4) is 0 Å². The average molecular weight is 339 g/mol. The van der Waals surface area contributed by atoms with Gasteiger partial charge in [-0.05, 0) is 32.9 Å². The molecule has 8 heteroatoms. The lowest BCUT2D eigenvalue weighted by molar-refractivity contribution is 0.122. The molecule has 3 aromatic rings. The maximum atomic E-state index is 5.41. The number of ether oxygens (including phenoxy) is 1. The third-order valence-electron chi connectivity index (χ3n) is 4.57. The molecule has 3 aromatic heterocycles. The fourth-order valence-corrected chi connectivity index (χ4v) is 2.96. The SMILES string of the molecule is Cc1nc(N2CCOCC2)ccc1Nc1c(C)c(C)nc2ncnn12. The van der Waals surface area contributed by atoms with E-state index in [1.807, 2.05) is 26.8 Å². The van der Waals surface area contributed by atoms with Crippen molar-refractivity contribution in [3.05, 3.63) is 35.4 Å². The Hall–Kier alpha value is -2.74. The van der Waals surface area contributed by atoms with Gasteiger partial charge in [0.25, 0.3) is 5.78 Å². The van der Waals surface area contributed by atoms with Crippen LogP contribution >= 0.6 is 0 Å². The quantitative estimate of drug-likeness (QED) is 0.782. The number of aromatic nitrogens is 5. The van der Waals surface area contributed by atoms with E-state index in [-0.39, 0.29) is 0 Å². The van der Waals surface area contributed by atoms with Crippen molar-refractivity contribution in [2.75, 3.05) is 36.5 Å². The molecule has 0 bridgehead atoms. The lowest BCUT2D eigenvalue weighted by atomic mass is 10.2. The van der Waals surface area contributed by atoms with Crippen LogP contribution in [-0.4, -0.2) is 50.9 Å². The molecule has 0 amide bonds. The Morgan fingerprint density at radius 3 is 2.60 bits per heavy atom. The van der Waals surface area contributed by atoms with E-state index in [1.54, 1.807) is 4.52 Å². The molecular formula is C17H21N7O. The first-order valence-corrected chi connectivity index (χ1v) is 8.38. The zero-order valence-corrected chi connectivity index (χ0v) is 14.7. The van der Waals surface area contributed by atoms with E-state index in [2.05, 4.69) is 31.3 Å². The van der Waals surface area contributed by atoms with Crippen molar-refractivity contribution >= 4 is 23.1 Å². The number of fused-ring (bicyclic) bond motifs is 1. The highest BCUT2D eigenvalue weighted by Crippen LogP contribution is 2.26. The number of morpholine rings is 1. The molecule has 0 aromatic carbocycles. The van der Waals surface area contributed by atoms with E-state index < -0.39 is 0 Å². The molecule has 130 valence electrons. The van der Waals surface area contributed by atoms with Crippen LogP contribution in [-0.2, 0) is 4.74 Å². The Bertz CT molecular complexity index is 915. The first-order valence-electron chi connectivity index (χ1n) is 8.38. The first-order chi connectivity index (χ1) is 12.1. The summed E-state index contributed by atoms with van der Waals surface area (Å²) in [6.07, 6.45) is 1.51. The molecule has 0 radical (unpaired) electrons. The van der Waals surface area contributed by atoms with Crippen LogP contribution in [0.2, 0.25) is 0 Å². The molecule has 0 unspecified atom stereocenters. The van der Waals surface area contributed by atoms with E-state index in [0.717, 1.165) is 60.6 Å². The van der Waals surface area contributed by atoms with Crippen LogP contribution in [0.5, 0.6) is 0 Å². The molecule has 1 aliphatic rings. The lowest BCUT2D eigenvalue weighted by Gasteiger charge is -2.28. The standard InChI is InChI=1S/C17H21N7O/c1-11-12(2)21-17-18-10-19-24(17)16(11)22-14-4-5-15(20-13(14)3)23-6-8-25-9-7-23/h4-5,10,22H,6-9H2,1-3H3. The van der Waals surface area contributed by atoms with E-state index >= 15 is 0 Å². The van der Waals surface area contributed by atoms with Gasteiger partial charge in [-0.1, -0.05) is 0 Å². The number of hydrogen-bond donors (Lipinski definition) is 1. The molecule has 1 fully saturated rings. The van der Waals surface area contributed by atoms with Crippen LogP contribution in [0.4, 0.5) is 17.3 Å². The molecule has 1 aliphatic heterocycles. The summed E-state index contributed by atoms with van der Waals surface area (Å²) in [6.45, 7) is 9.26. The Balaban J connectivity index is 1.67. The summed E-state index contributed by atoms with van der Waals surface area (Å²) in [5.41, 5.74) is 3.85. The number of anilines is 3. The van der Waals surface area contributed by atoms with Crippen LogP contribution in [0.15, 0.2) is 18.5 Å². The predicted octanol–water partition coefficient (Wildman–Crippen LogP) is 2.02. The molecule has 0 saturated carbocycles. The van der Waals surface area contributed by atoms with Gasteiger partial charge < -0.3 is 15.0 Å². The summed E-state index contributed by atoms with van der Waals surface area (Å²) in [7, 11) is 0. The molecule has 0 spiro atoms. The second-order valence-electron chi connectivity index (χ2n) is 6.17. The second-order valence-corrected chi connectivity index (χ2v) is 6.17. The monoisotopic (exact) mass is 339 g/mol. The maximum Gasteiger partial charge on any atom is 0.254 e. The van der Waals surface area contributed by atoms with Crippen molar-refractivity contribution in [2.45, 2.75) is 20.8 Å². The molecule has 1 N–H and O–H groups in total. The molecule has 0 aliphatic carbocycles. The Labute approximate surface area is 145 Å². The molecule has 8 nitrogen and oxygen atoms in total. The van der Waals surface area contributed by atoms with E-state index in [1.165, 1.54) is 6.33 Å². The first kappa shape index (κ1) is 15.8. The van der Waals surface area contributed by atoms with E-state index in [0.29, 0.717) is 5.78 Å². The molecule has 1 saturated heterocycles. The van der Waals surface area contributed by atoms with E-state index in [4.69, 9.17) is 9.72 Å². The number of nitrogens with one attached hydrogen (secondary N) is 1. The second kappa shape index (κ2) is 6.29. The van der Waals surface area contributed by atoms with Crippen molar-refractivity contribution in [1.29, 1.82) is 0 Å². The van der Waals surface area contributed by atoms with Crippen LogP contribution in [0.1, 0.15) is 17.0 Å². The third-order valence-corrected chi connectivity index (χ3v) is 4.57. The van der Waals surface area contributed by atoms with E-state index in [9.17, 15) is 0 Å². The molecule has 0 atom stereocenters. The summed E-state index contributed by atoms with van der Waals surface area (Å²) >= 11 is 0. The minimum atomic E-state index is 0.584. The topological polar surface area (TPSA) is 80.5 Å². The van der Waals surface area contributed by atoms with Gasteiger partial charge >= 0.3 is 0 Å². The van der Waals surface area contributed by atoms with Gasteiger partial charge in [0, 0.05) is 24.3 Å². The third kappa shape index (κ3) is 2.89. The highest BCUT2D eigenvalue weighted by molar-refractivity contribution is 5.65. The lowest BCUT2D eigenvalue weighted by Crippen LogP contribution is -2.36. The Kier molecular flexibility index (Phi) is 3.96. The molecule has 4 heterocycles. The zero-order chi connectivity index (χ0) is 17.4. The fraction of sp³-hybridized carbons (Fsp3) is 0.412. The number of hydrogen-bond acceptors (Lipinski definition) is 7.